The van der Waals surface area contributed by atoms with E-state index in [-0.39, 0.29) is 16.4 Å². The maximum atomic E-state index is 13.8. The van der Waals surface area contributed by atoms with Gasteiger partial charge in [0, 0.05) is 31.3 Å². The van der Waals surface area contributed by atoms with Crippen molar-refractivity contribution in [2.45, 2.75) is 24.7 Å². The summed E-state index contributed by atoms with van der Waals surface area (Å²) in [6.45, 7) is 2.20. The van der Waals surface area contributed by atoms with Crippen molar-refractivity contribution in [3.05, 3.63) is 51.7 Å². The lowest BCUT2D eigenvalue weighted by molar-refractivity contribution is -0.384. The fourth-order valence-corrected chi connectivity index (χ4v) is 4.49. The number of nitrogens with zero attached hydrogens (tertiary/aromatic N) is 2. The number of sulfonamides is 1. The molecule has 11 heteroatoms. The van der Waals surface area contributed by atoms with Gasteiger partial charge in [-0.25, -0.2) is 12.8 Å². The SMILES string of the molecule is Cc1oc(C(=O)Nc2cc([N+](=O)[O-])ccc2F)cc1S(=O)(=O)N1CCCC1. The lowest BCUT2D eigenvalue weighted by atomic mass is 10.2. The molecule has 0 saturated carbocycles. The minimum Gasteiger partial charge on any atom is -0.455 e. The molecule has 0 aliphatic carbocycles. The van der Waals surface area contributed by atoms with E-state index in [0.29, 0.717) is 13.1 Å². The Balaban J connectivity index is 1.87. The van der Waals surface area contributed by atoms with Crippen LogP contribution in [0, 0.1) is 22.9 Å². The van der Waals surface area contributed by atoms with Gasteiger partial charge in [-0.2, -0.15) is 4.31 Å². The summed E-state index contributed by atoms with van der Waals surface area (Å²) in [5.41, 5.74) is -0.813. The number of nitrogens with one attached hydrogen (secondary N) is 1. The third-order valence-electron chi connectivity index (χ3n) is 4.19. The number of halogens is 1. The van der Waals surface area contributed by atoms with Crippen molar-refractivity contribution in [1.82, 2.24) is 4.31 Å². The van der Waals surface area contributed by atoms with Crippen molar-refractivity contribution in [1.29, 1.82) is 0 Å². The first-order valence-electron chi connectivity index (χ1n) is 8.06. The lowest BCUT2D eigenvalue weighted by Gasteiger charge is -2.14. The number of rotatable bonds is 5. The highest BCUT2D eigenvalue weighted by Crippen LogP contribution is 2.27. The smallest absolute Gasteiger partial charge is 0.291 e. The number of carbonyl (C=O) groups excluding carboxylic acids is 1. The van der Waals surface area contributed by atoms with E-state index in [9.17, 15) is 27.7 Å². The van der Waals surface area contributed by atoms with Crippen LogP contribution in [0.4, 0.5) is 15.8 Å². The van der Waals surface area contributed by atoms with Gasteiger partial charge in [-0.05, 0) is 25.8 Å². The van der Waals surface area contributed by atoms with Crippen LogP contribution in [0.5, 0.6) is 0 Å². The van der Waals surface area contributed by atoms with Gasteiger partial charge in [0.15, 0.2) is 5.76 Å². The summed E-state index contributed by atoms with van der Waals surface area (Å²) in [6.07, 6.45) is 1.52. The van der Waals surface area contributed by atoms with Gasteiger partial charge in [0.1, 0.15) is 16.5 Å². The number of aryl methyl sites for hydroxylation is 1. The van der Waals surface area contributed by atoms with Crippen LogP contribution in [0.1, 0.15) is 29.2 Å². The standard InChI is InChI=1S/C16H16FN3O6S/c1-10-15(27(24,25)19-6-2-3-7-19)9-14(26-10)16(21)18-13-8-11(20(22)23)4-5-12(13)17/h4-5,8-9H,2-3,6-7H2,1H3,(H,18,21). The number of hydrogen-bond acceptors (Lipinski definition) is 6. The van der Waals surface area contributed by atoms with E-state index < -0.39 is 38.0 Å². The Labute approximate surface area is 154 Å². The Bertz CT molecular complexity index is 1010. The first-order chi connectivity index (χ1) is 12.7. The number of amides is 1. The highest BCUT2D eigenvalue weighted by Gasteiger charge is 2.32. The number of carbonyl (C=O) groups is 1. The Kier molecular flexibility index (Phi) is 4.98. The molecule has 0 atom stereocenters. The minimum atomic E-state index is -3.78. The van der Waals surface area contributed by atoms with Crippen molar-refractivity contribution >= 4 is 27.3 Å². The third kappa shape index (κ3) is 3.69. The lowest BCUT2D eigenvalue weighted by Crippen LogP contribution is -2.28. The molecule has 2 heterocycles. The van der Waals surface area contributed by atoms with Crippen LogP contribution >= 0.6 is 0 Å². The van der Waals surface area contributed by atoms with Gasteiger partial charge in [-0.1, -0.05) is 0 Å². The van der Waals surface area contributed by atoms with Crippen LogP contribution < -0.4 is 5.32 Å². The zero-order valence-corrected chi connectivity index (χ0v) is 15.1. The molecule has 9 nitrogen and oxygen atoms in total. The van der Waals surface area contributed by atoms with E-state index >= 15 is 0 Å². The van der Waals surface area contributed by atoms with Gasteiger partial charge >= 0.3 is 0 Å². The molecule has 1 amide bonds. The molecule has 1 N–H and O–H groups in total. The first kappa shape index (κ1) is 19.0. The number of hydrogen-bond donors (Lipinski definition) is 1. The molecular formula is C16H16FN3O6S. The van der Waals surface area contributed by atoms with Crippen molar-refractivity contribution < 1.29 is 26.9 Å². The molecule has 1 aliphatic heterocycles. The molecule has 144 valence electrons. The van der Waals surface area contributed by atoms with Crippen LogP contribution in [0.15, 0.2) is 33.6 Å². The van der Waals surface area contributed by atoms with Crippen molar-refractivity contribution in [2.75, 3.05) is 18.4 Å². The van der Waals surface area contributed by atoms with E-state index in [0.717, 1.165) is 37.1 Å². The number of nitro groups is 1. The number of furan rings is 1. The number of benzene rings is 1. The summed E-state index contributed by atoms with van der Waals surface area (Å²) in [4.78, 5) is 22.2. The van der Waals surface area contributed by atoms with E-state index in [2.05, 4.69) is 5.32 Å². The highest BCUT2D eigenvalue weighted by molar-refractivity contribution is 7.89. The molecule has 0 radical (unpaired) electrons. The van der Waals surface area contributed by atoms with Crippen molar-refractivity contribution in [2.24, 2.45) is 0 Å². The molecule has 1 aromatic carbocycles. The molecule has 0 unspecified atom stereocenters. The molecule has 3 rings (SSSR count). The van der Waals surface area contributed by atoms with Crippen LogP contribution in [0.3, 0.4) is 0 Å². The van der Waals surface area contributed by atoms with Gasteiger partial charge < -0.3 is 9.73 Å². The van der Waals surface area contributed by atoms with Crippen LogP contribution in [-0.4, -0.2) is 36.6 Å². The van der Waals surface area contributed by atoms with Crippen LogP contribution in [0.2, 0.25) is 0 Å². The molecular weight excluding hydrogens is 381 g/mol. The maximum absolute atomic E-state index is 13.8. The molecule has 27 heavy (non-hydrogen) atoms. The predicted molar refractivity (Wildman–Crippen MR) is 92.4 cm³/mol. The topological polar surface area (TPSA) is 123 Å². The second-order valence-electron chi connectivity index (χ2n) is 6.02. The predicted octanol–water partition coefficient (Wildman–Crippen LogP) is 2.67. The number of anilines is 1. The van der Waals surface area contributed by atoms with E-state index in [1.54, 1.807) is 0 Å². The normalized spacial score (nSPS) is 15.0. The van der Waals surface area contributed by atoms with Gasteiger partial charge in [0.2, 0.25) is 10.0 Å². The second-order valence-corrected chi connectivity index (χ2v) is 7.92. The Morgan fingerprint density at radius 3 is 2.59 bits per heavy atom. The highest BCUT2D eigenvalue weighted by atomic mass is 32.2. The number of nitro benzene ring substituents is 1. The summed E-state index contributed by atoms with van der Waals surface area (Å²) in [5, 5.41) is 12.9. The largest absolute Gasteiger partial charge is 0.455 e. The summed E-state index contributed by atoms with van der Waals surface area (Å²) in [5.74, 6) is -2.09. The molecule has 2 aromatic rings. The minimum absolute atomic E-state index is 0.0339. The van der Waals surface area contributed by atoms with Crippen LogP contribution in [-0.2, 0) is 10.0 Å². The first-order valence-corrected chi connectivity index (χ1v) is 9.50. The Morgan fingerprint density at radius 1 is 1.30 bits per heavy atom. The summed E-state index contributed by atoms with van der Waals surface area (Å²) >= 11 is 0. The fraction of sp³-hybridized carbons (Fsp3) is 0.312. The average Bonchev–Trinajstić information content (AvgIpc) is 3.26. The quantitative estimate of drug-likeness (QED) is 0.611. The van der Waals surface area contributed by atoms with E-state index in [1.165, 1.54) is 11.2 Å². The second kappa shape index (κ2) is 7.08. The summed E-state index contributed by atoms with van der Waals surface area (Å²) < 4.78 is 45.6. The number of non-ortho nitro benzene ring substituents is 1. The zero-order valence-electron chi connectivity index (χ0n) is 14.3. The van der Waals surface area contributed by atoms with E-state index in [1.807, 2.05) is 0 Å². The molecule has 1 fully saturated rings. The summed E-state index contributed by atoms with van der Waals surface area (Å²) in [6, 6.07) is 3.76. The van der Waals surface area contributed by atoms with Gasteiger partial charge in [0.25, 0.3) is 11.6 Å². The van der Waals surface area contributed by atoms with Gasteiger partial charge in [0.05, 0.1) is 10.6 Å². The maximum Gasteiger partial charge on any atom is 0.291 e. The van der Waals surface area contributed by atoms with Crippen molar-refractivity contribution in [3.8, 4) is 0 Å². The molecule has 1 aliphatic rings. The molecule has 0 bridgehead atoms. The van der Waals surface area contributed by atoms with Crippen LogP contribution in [0.25, 0.3) is 0 Å². The Hall–Kier alpha value is -2.79. The van der Waals surface area contributed by atoms with Gasteiger partial charge in [-0.3, -0.25) is 14.9 Å². The third-order valence-corrected chi connectivity index (χ3v) is 6.19. The molecule has 0 spiro atoms. The van der Waals surface area contributed by atoms with Crippen molar-refractivity contribution in [3.63, 3.8) is 0 Å². The zero-order chi connectivity index (χ0) is 19.8. The van der Waals surface area contributed by atoms with E-state index in [4.69, 9.17) is 4.42 Å². The van der Waals surface area contributed by atoms with Gasteiger partial charge in [-0.15, -0.1) is 0 Å². The Morgan fingerprint density at radius 2 is 1.96 bits per heavy atom. The molecule has 1 saturated heterocycles. The monoisotopic (exact) mass is 397 g/mol. The molecule has 1 aromatic heterocycles. The average molecular weight is 397 g/mol. The fourth-order valence-electron chi connectivity index (χ4n) is 2.81. The summed E-state index contributed by atoms with van der Waals surface area (Å²) in [7, 11) is -3.78.